The third-order valence-corrected chi connectivity index (χ3v) is 18.8. The van der Waals surface area contributed by atoms with E-state index >= 15 is 0 Å². The first-order chi connectivity index (χ1) is 65.9. The van der Waals surface area contributed by atoms with Gasteiger partial charge in [0.15, 0.2) is 23.1 Å². The summed E-state index contributed by atoms with van der Waals surface area (Å²) in [7, 11) is 1.63. The van der Waals surface area contributed by atoms with E-state index < -0.39 is 276 Å². The lowest BCUT2D eigenvalue weighted by Gasteiger charge is -2.37. The van der Waals surface area contributed by atoms with E-state index in [1.807, 2.05) is 0 Å². The molecule has 0 saturated carbocycles. The maximum atomic E-state index is 14.9. The van der Waals surface area contributed by atoms with Gasteiger partial charge in [0.2, 0.25) is 0 Å². The molecule has 0 bridgehead atoms. The van der Waals surface area contributed by atoms with E-state index in [9.17, 15) is 59.8 Å². The number of Topliss-reactive ketones (excluding diaryl/α,β-unsaturated/α-hetero) is 4. The van der Waals surface area contributed by atoms with E-state index in [1.54, 1.807) is 7.05 Å². The summed E-state index contributed by atoms with van der Waals surface area (Å²) < 4.78 is 350. The van der Waals surface area contributed by atoms with Crippen molar-refractivity contribution in [2.24, 2.45) is 47.9 Å². The molecule has 8 atom stereocenters. The van der Waals surface area contributed by atoms with Crippen molar-refractivity contribution in [3.8, 4) is 0 Å². The monoisotopic (exact) mass is 1560 g/mol. The molecule has 24 nitrogen and oxygen atoms in total. The molecule has 0 unspecified atom stereocenters. The summed E-state index contributed by atoms with van der Waals surface area (Å²) in [5, 5.41) is 26.1. The highest BCUT2D eigenvalue weighted by Gasteiger charge is 2.47. The standard InChI is InChI=1S/C21H17F2N5O.3C20H15F2N5O/c1-10-5-11(3-4-14(10)23)19-18(21-25-9-26-28(21)2)20-17-13(16(29)8-24-20)6-12(22)7-15(17)27-19;3*1-27-20(24-9-25-27)17-18(10-2-4-11(21)5-3-10)26-14-7-12(22)6-13-15(28)8-23-19(17)16(13)14/h3-7,9,18-19,27H,8H2,1-2H3;3*2-7,9,17-18,26H,8H2,1H3/t18-,19-;3*17-,18-/m0000/s1/i2D3,3D,4D,5D;1D3,2D,3D,4D,5D,6D,7D,18D;1D3,2D,3D,4D,5D,17D,18D;6D,7D,18D. The average molecular weight is 1560 g/mol. The number of aryl methyl sites for hydroxylation is 4. The van der Waals surface area contributed by atoms with Gasteiger partial charge in [-0.25, -0.2) is 55.1 Å². The van der Waals surface area contributed by atoms with Gasteiger partial charge in [-0.2, -0.15) is 20.4 Å². The lowest BCUT2D eigenvalue weighted by atomic mass is 9.77. The number of rotatable bonds is 8. The van der Waals surface area contributed by atoms with Crippen LogP contribution < -0.4 is 21.3 Å². The fourth-order valence-corrected chi connectivity index (χ4v) is 14.0. The summed E-state index contributed by atoms with van der Waals surface area (Å²) in [6, 6.07) is -12.9. The summed E-state index contributed by atoms with van der Waals surface area (Å²) in [4.78, 5) is 83.6. The van der Waals surface area contributed by atoms with Crippen molar-refractivity contribution in [3.63, 3.8) is 0 Å². The predicted molar refractivity (Wildman–Crippen MR) is 399 cm³/mol. The van der Waals surface area contributed by atoms with Crippen LogP contribution >= 0.6 is 0 Å². The molecular weight excluding hydrogens is 1470 g/mol. The predicted octanol–water partition coefficient (Wildman–Crippen LogP) is 12.4. The molecule has 0 amide bonds. The highest BCUT2D eigenvalue weighted by molar-refractivity contribution is 6.24. The number of aliphatic imine (C=N–C) groups is 4. The Labute approximate surface area is 676 Å². The van der Waals surface area contributed by atoms with Crippen LogP contribution in [-0.2, 0) is 28.0 Å². The average Bonchev–Trinajstić information content (AvgIpc) is 1.66. The lowest BCUT2D eigenvalue weighted by Crippen LogP contribution is -2.37. The first-order valence-corrected chi connectivity index (χ1v) is 33.3. The van der Waals surface area contributed by atoms with Crippen LogP contribution in [0, 0.1) is 53.5 Å². The molecule has 4 N–H and O–H groups in total. The second kappa shape index (κ2) is 28.6. The molecule has 12 aromatic rings. The summed E-state index contributed by atoms with van der Waals surface area (Å²) in [5.74, 6) is -18.7. The molecule has 0 aliphatic carbocycles. The zero-order valence-corrected chi connectivity index (χ0v) is 57.4. The highest BCUT2D eigenvalue weighted by atomic mass is 19.2. The summed E-state index contributed by atoms with van der Waals surface area (Å²) in [6.45, 7) is -9.34. The van der Waals surface area contributed by atoms with Gasteiger partial charge in [0.25, 0.3) is 0 Å². The molecule has 4 aromatic heterocycles. The van der Waals surface area contributed by atoms with Gasteiger partial charge in [-0.05, 0) is 126 Å². The molecule has 8 aliphatic heterocycles. The van der Waals surface area contributed by atoms with E-state index in [-0.39, 0.29) is 109 Å². The van der Waals surface area contributed by atoms with Crippen LogP contribution in [0.2, 0.25) is 0 Å². The third kappa shape index (κ3) is 13.0. The van der Waals surface area contributed by atoms with Gasteiger partial charge in [-0.1, -0.05) is 48.4 Å². The van der Waals surface area contributed by atoms with E-state index in [2.05, 4.69) is 81.6 Å². The Morgan fingerprint density at radius 1 is 0.389 bits per heavy atom. The maximum absolute atomic E-state index is 14.9. The second-order valence-electron chi connectivity index (χ2n) is 25.4. The normalized spacial score (nSPS) is 26.8. The van der Waals surface area contributed by atoms with Gasteiger partial charge < -0.3 is 21.3 Å². The Balaban J connectivity index is 0.000000130. The molecule has 32 heteroatoms. The van der Waals surface area contributed by atoms with Gasteiger partial charge in [0.05, 0.1) is 95.3 Å². The molecular formula is C81H62F8N20O4. The van der Waals surface area contributed by atoms with E-state index in [0.29, 0.717) is 25.4 Å². The number of hydrogen-bond donors (Lipinski definition) is 4. The number of anilines is 4. The maximum Gasteiger partial charge on any atom is 0.185 e. The summed E-state index contributed by atoms with van der Waals surface area (Å²) in [6.07, 6.45) is 3.99. The molecule has 8 aromatic carbocycles. The number of nitrogens with zero attached hydrogens (tertiary/aromatic N) is 16. The largest absolute Gasteiger partial charge is 0.376 e. The Bertz CT molecular complexity index is 7580. The van der Waals surface area contributed by atoms with Crippen LogP contribution in [0.1, 0.15) is 201 Å². The Hall–Kier alpha value is -13.7. The van der Waals surface area contributed by atoms with Crippen molar-refractivity contribution >= 4 is 68.7 Å². The van der Waals surface area contributed by atoms with Crippen molar-refractivity contribution in [1.82, 2.24) is 59.1 Å². The molecule has 12 heterocycles. The molecule has 566 valence electrons. The number of nitrogens with one attached hydrogen (secondary N) is 4. The lowest BCUT2D eigenvalue weighted by molar-refractivity contribution is 0.0991. The van der Waals surface area contributed by atoms with E-state index in [0.717, 1.165) is 43.2 Å². The van der Waals surface area contributed by atoms with Crippen LogP contribution in [-0.4, -0.2) is 131 Å². The molecule has 0 spiro atoms. The van der Waals surface area contributed by atoms with Crippen LogP contribution in [0.5, 0.6) is 0 Å². The molecule has 20 rings (SSSR count). The van der Waals surface area contributed by atoms with Crippen LogP contribution in [0.25, 0.3) is 0 Å². The summed E-state index contributed by atoms with van der Waals surface area (Å²) in [5.41, 5.74) is -3.39. The molecule has 0 radical (unpaired) electrons. The first kappa shape index (κ1) is 46.7. The van der Waals surface area contributed by atoms with Crippen molar-refractivity contribution < 1.29 is 92.7 Å². The number of carbonyl (C=O) groups is 4. The zero-order valence-electron chi connectivity index (χ0n) is 85.4. The minimum absolute atomic E-state index is 0.0505. The SMILES string of the molecule is [2H]c1c(F)c([2H])c2c3c1N[C@@]([2H])(c1ccc(F)cc1)[C@H](c1ncnn1C)C3=NCC2=O.[2H]c1c([2H])c([C@@H]2Nc3cc(F)cc4c3C(=NCC4=O)[C@H]2c2ncnn2C([2H])([2H])[2H])c([2H])c(C)c1F.[2H]c1c([2H])c([C@]2([2H])Nc3c([2H])c(F)c([2H])c4c3C(=NCC4=O)[C@H]2c2ncnn2C([2H])([2H])[2H])c([2H])c([2H])c1F.[2H]c1c([2H])c([C@]2([2H])Nc3cc(F)cc4c3C(=NCC4=O)[C@@]2([2H])c2ncnn2C([2H])([2H])[2H])c([2H])c([2H])c1F. The highest BCUT2D eigenvalue weighted by Crippen LogP contribution is 2.50. The molecule has 8 aliphatic rings. The number of benzene rings is 8. The molecule has 113 heavy (non-hydrogen) atoms. The van der Waals surface area contributed by atoms with Crippen molar-refractivity contribution in [3.05, 3.63) is 307 Å². The second-order valence-corrected chi connectivity index (χ2v) is 25.4. The number of hydrogen-bond acceptors (Lipinski definition) is 20. The Morgan fingerprint density at radius 2 is 0.788 bits per heavy atom. The quantitative estimate of drug-likeness (QED) is 0.103. The number of carbonyl (C=O) groups excluding carboxylic acids is 4. The smallest absolute Gasteiger partial charge is 0.185 e. The third-order valence-electron chi connectivity index (χ3n) is 18.8. The topological polar surface area (TPSA) is 289 Å². The number of ketones is 4. The molecule has 0 fully saturated rings. The minimum Gasteiger partial charge on any atom is -0.376 e. The van der Waals surface area contributed by atoms with Gasteiger partial charge in [-0.15, -0.1) is 0 Å². The number of aromatic nitrogens is 12. The number of halogens is 8. The van der Waals surface area contributed by atoms with Gasteiger partial charge in [0.1, 0.15) is 121 Å². The van der Waals surface area contributed by atoms with Crippen molar-refractivity contribution in [2.75, 3.05) is 47.4 Å². The van der Waals surface area contributed by atoms with Gasteiger partial charge in [-0.3, -0.25) is 57.9 Å². The first-order valence-electron chi connectivity index (χ1n) is 47.3. The fraction of sp³-hybridized carbons (Fsp3) is 0.210. The Kier molecular flexibility index (Phi) is 11.8. The van der Waals surface area contributed by atoms with Crippen LogP contribution in [0.15, 0.2) is 184 Å². The Morgan fingerprint density at radius 3 is 1.30 bits per heavy atom. The van der Waals surface area contributed by atoms with Crippen molar-refractivity contribution in [2.45, 2.75) is 54.7 Å². The van der Waals surface area contributed by atoms with Crippen molar-refractivity contribution in [1.29, 1.82) is 0 Å². The summed E-state index contributed by atoms with van der Waals surface area (Å²) >= 11 is 0. The van der Waals surface area contributed by atoms with Gasteiger partial charge >= 0.3 is 0 Å². The molecule has 0 saturated heterocycles. The fourth-order valence-electron chi connectivity index (χ4n) is 14.0. The zero-order chi connectivity index (χ0) is 103. The van der Waals surface area contributed by atoms with E-state index in [4.69, 9.17) is 32.9 Å². The van der Waals surface area contributed by atoms with E-state index in [1.165, 1.54) is 42.2 Å². The van der Waals surface area contributed by atoms with Gasteiger partial charge in [0, 0.05) is 109 Å². The van der Waals surface area contributed by atoms with Crippen LogP contribution in [0.4, 0.5) is 57.9 Å². The van der Waals surface area contributed by atoms with Crippen LogP contribution in [0.3, 0.4) is 0 Å². The minimum atomic E-state index is -3.03.